The van der Waals surface area contributed by atoms with E-state index in [0.717, 1.165) is 6.42 Å². The van der Waals surface area contributed by atoms with Crippen molar-refractivity contribution in [3.05, 3.63) is 77.6 Å². The standard InChI is InChI=1S/C20H18N2/c1-14-7-3-4-8-15(14)11-16-12-21-13-19-20(16)17-9-5-6-10-18(17)22(19)2/h3-10,12-13H,11H2,1-2H3. The van der Waals surface area contributed by atoms with E-state index in [2.05, 4.69) is 72.1 Å². The number of fused-ring (bicyclic) bond motifs is 3. The quantitative estimate of drug-likeness (QED) is 0.525. The number of benzene rings is 2. The second-order valence-electron chi connectivity index (χ2n) is 5.87. The van der Waals surface area contributed by atoms with Gasteiger partial charge >= 0.3 is 0 Å². The van der Waals surface area contributed by atoms with E-state index in [1.54, 1.807) is 0 Å². The zero-order valence-corrected chi connectivity index (χ0v) is 12.9. The average molecular weight is 286 g/mol. The molecule has 0 saturated carbocycles. The molecule has 0 saturated heterocycles. The molecule has 0 bridgehead atoms. The summed E-state index contributed by atoms with van der Waals surface area (Å²) in [5.74, 6) is 0. The van der Waals surface area contributed by atoms with Crippen molar-refractivity contribution in [2.24, 2.45) is 7.05 Å². The van der Waals surface area contributed by atoms with Crippen molar-refractivity contribution >= 4 is 21.8 Å². The van der Waals surface area contributed by atoms with Gasteiger partial charge in [0.05, 0.1) is 11.7 Å². The lowest BCUT2D eigenvalue weighted by Gasteiger charge is -2.07. The van der Waals surface area contributed by atoms with E-state index in [1.165, 1.54) is 38.5 Å². The molecule has 4 rings (SSSR count). The first-order valence-electron chi connectivity index (χ1n) is 7.60. The maximum atomic E-state index is 4.47. The van der Waals surface area contributed by atoms with Crippen LogP contribution in [0, 0.1) is 6.92 Å². The van der Waals surface area contributed by atoms with Crippen LogP contribution in [0.25, 0.3) is 21.8 Å². The zero-order valence-electron chi connectivity index (χ0n) is 12.9. The molecule has 0 spiro atoms. The van der Waals surface area contributed by atoms with Crippen LogP contribution in [0.1, 0.15) is 16.7 Å². The van der Waals surface area contributed by atoms with Gasteiger partial charge in [0.15, 0.2) is 0 Å². The van der Waals surface area contributed by atoms with Crippen LogP contribution in [0.4, 0.5) is 0 Å². The highest BCUT2D eigenvalue weighted by atomic mass is 14.9. The van der Waals surface area contributed by atoms with E-state index in [9.17, 15) is 0 Å². The van der Waals surface area contributed by atoms with Gasteiger partial charge in [0.2, 0.25) is 0 Å². The smallest absolute Gasteiger partial charge is 0.0678 e. The molecule has 4 aromatic rings. The van der Waals surface area contributed by atoms with Crippen molar-refractivity contribution in [2.75, 3.05) is 0 Å². The third kappa shape index (κ3) is 1.92. The van der Waals surface area contributed by atoms with Crippen molar-refractivity contribution in [1.29, 1.82) is 0 Å². The summed E-state index contributed by atoms with van der Waals surface area (Å²) in [6.07, 6.45) is 4.91. The van der Waals surface area contributed by atoms with E-state index in [-0.39, 0.29) is 0 Å². The largest absolute Gasteiger partial charge is 0.342 e. The van der Waals surface area contributed by atoms with Gasteiger partial charge in [-0.2, -0.15) is 0 Å². The maximum Gasteiger partial charge on any atom is 0.0678 e. The molecule has 0 aliphatic carbocycles. The van der Waals surface area contributed by atoms with Crippen molar-refractivity contribution < 1.29 is 0 Å². The Hall–Kier alpha value is -2.61. The van der Waals surface area contributed by atoms with Gasteiger partial charge in [0.1, 0.15) is 0 Å². The normalized spacial score (nSPS) is 11.4. The molecule has 0 aliphatic heterocycles. The lowest BCUT2D eigenvalue weighted by atomic mass is 9.98. The molecule has 0 aliphatic rings. The van der Waals surface area contributed by atoms with Gasteiger partial charge in [0.25, 0.3) is 0 Å². The molecule has 2 aromatic heterocycles. The van der Waals surface area contributed by atoms with E-state index in [4.69, 9.17) is 0 Å². The van der Waals surface area contributed by atoms with E-state index < -0.39 is 0 Å². The second kappa shape index (κ2) is 4.99. The Morgan fingerprint density at radius 1 is 0.864 bits per heavy atom. The number of aromatic nitrogens is 2. The molecule has 0 radical (unpaired) electrons. The summed E-state index contributed by atoms with van der Waals surface area (Å²) < 4.78 is 2.24. The van der Waals surface area contributed by atoms with Crippen LogP contribution in [-0.2, 0) is 13.5 Å². The minimum atomic E-state index is 0.922. The molecule has 0 N–H and O–H groups in total. The SMILES string of the molecule is Cc1ccccc1Cc1cncc2c1c1ccccc1n2C. The lowest BCUT2D eigenvalue weighted by molar-refractivity contribution is 1.01. The maximum absolute atomic E-state index is 4.47. The van der Waals surface area contributed by atoms with Crippen LogP contribution in [0.15, 0.2) is 60.9 Å². The third-order valence-corrected chi connectivity index (χ3v) is 4.54. The van der Waals surface area contributed by atoms with Crippen LogP contribution in [-0.4, -0.2) is 9.55 Å². The van der Waals surface area contributed by atoms with Crippen molar-refractivity contribution in [2.45, 2.75) is 13.3 Å². The Balaban J connectivity index is 1.99. The van der Waals surface area contributed by atoms with Crippen LogP contribution >= 0.6 is 0 Å². The van der Waals surface area contributed by atoms with Crippen LogP contribution in [0.3, 0.4) is 0 Å². The fourth-order valence-electron chi connectivity index (χ4n) is 3.31. The van der Waals surface area contributed by atoms with E-state index >= 15 is 0 Å². The summed E-state index contributed by atoms with van der Waals surface area (Å²) in [7, 11) is 2.11. The Bertz CT molecular complexity index is 980. The van der Waals surface area contributed by atoms with Gasteiger partial charge in [-0.3, -0.25) is 4.98 Å². The molecular formula is C20H18N2. The van der Waals surface area contributed by atoms with Gasteiger partial charge < -0.3 is 4.57 Å². The number of para-hydroxylation sites is 1. The van der Waals surface area contributed by atoms with Crippen LogP contribution < -0.4 is 0 Å². The van der Waals surface area contributed by atoms with Gasteiger partial charge in [-0.05, 0) is 36.1 Å². The highest BCUT2D eigenvalue weighted by Gasteiger charge is 2.12. The Morgan fingerprint density at radius 3 is 2.50 bits per heavy atom. The third-order valence-electron chi connectivity index (χ3n) is 4.54. The predicted molar refractivity (Wildman–Crippen MR) is 92.2 cm³/mol. The summed E-state index contributed by atoms with van der Waals surface area (Å²) in [4.78, 5) is 4.47. The van der Waals surface area contributed by atoms with Gasteiger partial charge in [-0.25, -0.2) is 0 Å². The van der Waals surface area contributed by atoms with Crippen molar-refractivity contribution in [3.63, 3.8) is 0 Å². The molecule has 2 heteroatoms. The Kier molecular flexibility index (Phi) is 2.97. The molecule has 22 heavy (non-hydrogen) atoms. The number of hydrogen-bond acceptors (Lipinski definition) is 1. The average Bonchev–Trinajstić information content (AvgIpc) is 2.84. The van der Waals surface area contributed by atoms with E-state index in [1.807, 2.05) is 12.4 Å². The van der Waals surface area contributed by atoms with Gasteiger partial charge in [-0.15, -0.1) is 0 Å². The molecule has 0 unspecified atom stereocenters. The summed E-state index contributed by atoms with van der Waals surface area (Å²) in [6.45, 7) is 2.17. The molecule has 2 heterocycles. The number of aryl methyl sites for hydroxylation is 2. The summed E-state index contributed by atoms with van der Waals surface area (Å²) in [5, 5.41) is 2.64. The topological polar surface area (TPSA) is 17.8 Å². The minimum absolute atomic E-state index is 0.922. The summed E-state index contributed by atoms with van der Waals surface area (Å²) in [5.41, 5.74) is 6.46. The summed E-state index contributed by atoms with van der Waals surface area (Å²) in [6, 6.07) is 17.2. The Labute approximate surface area is 130 Å². The highest BCUT2D eigenvalue weighted by molar-refractivity contribution is 6.09. The fraction of sp³-hybridized carbons (Fsp3) is 0.150. The minimum Gasteiger partial charge on any atom is -0.342 e. The van der Waals surface area contributed by atoms with Gasteiger partial charge in [0, 0.05) is 29.5 Å². The van der Waals surface area contributed by atoms with Crippen molar-refractivity contribution in [3.8, 4) is 0 Å². The monoisotopic (exact) mass is 286 g/mol. The second-order valence-corrected chi connectivity index (χ2v) is 5.87. The summed E-state index contributed by atoms with van der Waals surface area (Å²) >= 11 is 0. The van der Waals surface area contributed by atoms with Crippen LogP contribution in [0.5, 0.6) is 0 Å². The molecular weight excluding hydrogens is 268 g/mol. The predicted octanol–water partition coefficient (Wildman–Crippen LogP) is 4.63. The first-order valence-corrected chi connectivity index (χ1v) is 7.60. The first kappa shape index (κ1) is 13.1. The first-order chi connectivity index (χ1) is 10.8. The molecule has 0 fully saturated rings. The highest BCUT2D eigenvalue weighted by Crippen LogP contribution is 2.31. The van der Waals surface area contributed by atoms with Crippen LogP contribution in [0.2, 0.25) is 0 Å². The fourth-order valence-corrected chi connectivity index (χ4v) is 3.31. The lowest BCUT2D eigenvalue weighted by Crippen LogP contribution is -1.94. The Morgan fingerprint density at radius 2 is 1.64 bits per heavy atom. The molecule has 2 nitrogen and oxygen atoms in total. The number of hydrogen-bond donors (Lipinski definition) is 0. The number of rotatable bonds is 2. The van der Waals surface area contributed by atoms with Gasteiger partial charge in [-0.1, -0.05) is 42.5 Å². The number of nitrogens with zero attached hydrogens (tertiary/aromatic N) is 2. The molecule has 108 valence electrons. The molecule has 0 amide bonds. The molecule has 0 atom stereocenters. The number of pyridine rings is 1. The van der Waals surface area contributed by atoms with Crippen molar-refractivity contribution in [1.82, 2.24) is 9.55 Å². The molecule has 2 aromatic carbocycles. The zero-order chi connectivity index (χ0) is 15.1. The van der Waals surface area contributed by atoms with E-state index in [0.29, 0.717) is 0 Å².